The van der Waals surface area contributed by atoms with E-state index in [-0.39, 0.29) is 5.92 Å². The molecular weight excluding hydrogens is 296 g/mol. The molecule has 0 aliphatic heterocycles. The van der Waals surface area contributed by atoms with Crippen LogP contribution in [0.3, 0.4) is 0 Å². The van der Waals surface area contributed by atoms with E-state index in [0.29, 0.717) is 12.4 Å². The molecule has 1 aliphatic rings. The van der Waals surface area contributed by atoms with Crippen LogP contribution in [0.25, 0.3) is 0 Å². The predicted octanol–water partition coefficient (Wildman–Crippen LogP) is 4.75. The number of hydrogen-bond donors (Lipinski definition) is 0. The quantitative estimate of drug-likeness (QED) is 0.401. The molecule has 126 valence electrons. The summed E-state index contributed by atoms with van der Waals surface area (Å²) in [7, 11) is -1.04. The van der Waals surface area contributed by atoms with Crippen LogP contribution in [-0.4, -0.2) is 33.0 Å². The molecule has 0 N–H and O–H groups in total. The van der Waals surface area contributed by atoms with E-state index in [1.165, 1.54) is 6.04 Å². The van der Waals surface area contributed by atoms with Gasteiger partial charge in [-0.2, -0.15) is 0 Å². The first-order valence-electron chi connectivity index (χ1n) is 7.92. The molecule has 0 saturated carbocycles. The zero-order valence-electron chi connectivity index (χ0n) is 14.8. The van der Waals surface area contributed by atoms with Crippen molar-refractivity contribution in [2.45, 2.75) is 58.5 Å². The summed E-state index contributed by atoms with van der Waals surface area (Å²) in [4.78, 5) is 11.7. The van der Waals surface area contributed by atoms with Crippen molar-refractivity contribution in [2.75, 3.05) is 13.2 Å². The van der Waals surface area contributed by atoms with Crippen molar-refractivity contribution >= 4 is 14.2 Å². The standard InChI is InChI=1S/C17H30O4Si/c1-17(2,3)21-16(18)20-15-9-7-8-14(12-15)13-19-10-11-22(4,5)6/h7,9,12,14H,8,10-11,13H2,1-6H3. The summed E-state index contributed by atoms with van der Waals surface area (Å²) in [6, 6.07) is 1.17. The molecule has 1 rings (SSSR count). The van der Waals surface area contributed by atoms with Crippen molar-refractivity contribution in [3.8, 4) is 0 Å². The second-order valence-corrected chi connectivity index (χ2v) is 13.5. The smallest absolute Gasteiger partial charge is 0.428 e. The first-order valence-corrected chi connectivity index (χ1v) is 11.6. The third-order valence-electron chi connectivity index (χ3n) is 3.04. The lowest BCUT2D eigenvalue weighted by Gasteiger charge is -2.21. The minimum Gasteiger partial charge on any atom is -0.428 e. The summed E-state index contributed by atoms with van der Waals surface area (Å²) in [5.41, 5.74) is -0.546. The maximum Gasteiger partial charge on any atom is 0.514 e. The van der Waals surface area contributed by atoms with Gasteiger partial charge in [0, 0.05) is 20.6 Å². The van der Waals surface area contributed by atoms with Crippen LogP contribution in [0.15, 0.2) is 24.0 Å². The molecule has 4 nitrogen and oxygen atoms in total. The normalized spacial score (nSPS) is 18.8. The minimum absolute atomic E-state index is 0.254. The highest BCUT2D eigenvalue weighted by Gasteiger charge is 2.20. The van der Waals surface area contributed by atoms with Gasteiger partial charge in [0.05, 0.1) is 6.61 Å². The van der Waals surface area contributed by atoms with Crippen molar-refractivity contribution in [3.63, 3.8) is 0 Å². The Labute approximate surface area is 135 Å². The van der Waals surface area contributed by atoms with E-state index < -0.39 is 19.8 Å². The molecule has 0 aromatic heterocycles. The van der Waals surface area contributed by atoms with E-state index in [4.69, 9.17) is 14.2 Å². The molecule has 1 aliphatic carbocycles. The van der Waals surface area contributed by atoms with Crippen LogP contribution in [0.1, 0.15) is 27.2 Å². The Bertz CT molecular complexity index is 427. The topological polar surface area (TPSA) is 44.8 Å². The molecule has 22 heavy (non-hydrogen) atoms. The fourth-order valence-electron chi connectivity index (χ4n) is 1.88. The van der Waals surface area contributed by atoms with Crippen LogP contribution < -0.4 is 0 Å². The van der Waals surface area contributed by atoms with Gasteiger partial charge in [-0.15, -0.1) is 0 Å². The van der Waals surface area contributed by atoms with E-state index in [2.05, 4.69) is 19.6 Å². The van der Waals surface area contributed by atoms with Gasteiger partial charge in [-0.25, -0.2) is 4.79 Å². The Balaban J connectivity index is 2.38. The highest BCUT2D eigenvalue weighted by Crippen LogP contribution is 2.20. The fourth-order valence-corrected chi connectivity index (χ4v) is 2.64. The van der Waals surface area contributed by atoms with Crippen molar-refractivity contribution in [1.29, 1.82) is 0 Å². The summed E-state index contributed by atoms with van der Waals surface area (Å²) in [5.74, 6) is 0.795. The Morgan fingerprint density at radius 1 is 1.32 bits per heavy atom. The predicted molar refractivity (Wildman–Crippen MR) is 91.6 cm³/mol. The number of hydrogen-bond acceptors (Lipinski definition) is 4. The van der Waals surface area contributed by atoms with Crippen molar-refractivity contribution in [1.82, 2.24) is 0 Å². The van der Waals surface area contributed by atoms with Crippen LogP contribution in [-0.2, 0) is 14.2 Å². The van der Waals surface area contributed by atoms with E-state index in [1.54, 1.807) is 0 Å². The maximum absolute atomic E-state index is 11.7. The summed E-state index contributed by atoms with van der Waals surface area (Å²) in [6.07, 6.45) is 6.00. The molecule has 1 unspecified atom stereocenters. The van der Waals surface area contributed by atoms with Gasteiger partial charge in [-0.05, 0) is 45.4 Å². The molecule has 0 radical (unpaired) electrons. The Morgan fingerprint density at radius 3 is 2.59 bits per heavy atom. The van der Waals surface area contributed by atoms with Crippen molar-refractivity contribution < 1.29 is 19.0 Å². The van der Waals surface area contributed by atoms with Crippen molar-refractivity contribution in [2.24, 2.45) is 5.92 Å². The number of carbonyl (C=O) groups is 1. The second-order valence-electron chi connectivity index (χ2n) is 7.92. The Morgan fingerprint density at radius 2 is 2.00 bits per heavy atom. The van der Waals surface area contributed by atoms with E-state index in [0.717, 1.165) is 13.0 Å². The average molecular weight is 327 g/mol. The molecular formula is C17H30O4Si. The SMILES string of the molecule is CC(C)(C)OC(=O)OC1=CC(COCC[Si](C)(C)C)CC=C1. The van der Waals surface area contributed by atoms with E-state index in [1.807, 2.05) is 39.0 Å². The van der Waals surface area contributed by atoms with Crippen LogP contribution in [0, 0.1) is 5.92 Å². The summed E-state index contributed by atoms with van der Waals surface area (Å²) in [6.45, 7) is 13.9. The zero-order chi connectivity index (χ0) is 16.8. The Kier molecular flexibility index (Phi) is 6.87. The van der Waals surface area contributed by atoms with Gasteiger partial charge in [-0.3, -0.25) is 0 Å². The van der Waals surface area contributed by atoms with Crippen LogP contribution in [0.4, 0.5) is 4.79 Å². The first kappa shape index (κ1) is 19.0. The van der Waals surface area contributed by atoms with Crippen LogP contribution in [0.2, 0.25) is 25.7 Å². The van der Waals surface area contributed by atoms with Gasteiger partial charge in [0.15, 0.2) is 0 Å². The highest BCUT2D eigenvalue weighted by atomic mass is 28.3. The van der Waals surface area contributed by atoms with Gasteiger partial charge in [-0.1, -0.05) is 25.7 Å². The second kappa shape index (κ2) is 7.97. The molecule has 0 amide bonds. The highest BCUT2D eigenvalue weighted by molar-refractivity contribution is 6.76. The average Bonchev–Trinajstić information content (AvgIpc) is 2.31. The number of allylic oxidation sites excluding steroid dienone is 2. The zero-order valence-corrected chi connectivity index (χ0v) is 15.8. The third-order valence-corrected chi connectivity index (χ3v) is 4.74. The third kappa shape index (κ3) is 9.05. The molecule has 0 heterocycles. The molecule has 5 heteroatoms. The molecule has 1 atom stereocenters. The maximum atomic E-state index is 11.7. The molecule has 0 fully saturated rings. The van der Waals surface area contributed by atoms with Gasteiger partial charge < -0.3 is 14.2 Å². The fraction of sp³-hybridized carbons (Fsp3) is 0.706. The largest absolute Gasteiger partial charge is 0.514 e. The monoisotopic (exact) mass is 326 g/mol. The van der Waals surface area contributed by atoms with Gasteiger partial charge >= 0.3 is 6.16 Å². The summed E-state index contributed by atoms with van der Waals surface area (Å²) >= 11 is 0. The molecule has 0 saturated heterocycles. The molecule has 0 spiro atoms. The van der Waals surface area contributed by atoms with E-state index >= 15 is 0 Å². The first-order chi connectivity index (χ1) is 10.1. The minimum atomic E-state index is -1.04. The lowest BCUT2D eigenvalue weighted by atomic mass is 10.0. The van der Waals surface area contributed by atoms with Crippen LogP contribution >= 0.6 is 0 Å². The van der Waals surface area contributed by atoms with Crippen molar-refractivity contribution in [3.05, 3.63) is 24.0 Å². The molecule has 0 bridgehead atoms. The van der Waals surface area contributed by atoms with Gasteiger partial charge in [0.2, 0.25) is 0 Å². The molecule has 0 aromatic carbocycles. The van der Waals surface area contributed by atoms with Gasteiger partial charge in [0.25, 0.3) is 0 Å². The number of ether oxygens (including phenoxy) is 3. The number of rotatable bonds is 6. The molecule has 0 aromatic rings. The lowest BCUT2D eigenvalue weighted by Crippen LogP contribution is -2.24. The van der Waals surface area contributed by atoms with E-state index in [9.17, 15) is 4.79 Å². The van der Waals surface area contributed by atoms with Gasteiger partial charge in [0.1, 0.15) is 11.4 Å². The number of carbonyl (C=O) groups excluding carboxylic acids is 1. The van der Waals surface area contributed by atoms with Crippen LogP contribution in [0.5, 0.6) is 0 Å². The summed E-state index contributed by atoms with van der Waals surface area (Å²) in [5, 5.41) is 0. The Hall–Kier alpha value is -1.07. The lowest BCUT2D eigenvalue weighted by molar-refractivity contribution is 0.00729. The summed E-state index contributed by atoms with van der Waals surface area (Å²) < 4.78 is 16.1.